The third-order valence-corrected chi connectivity index (χ3v) is 6.62. The van der Waals surface area contributed by atoms with Crippen LogP contribution in [0.3, 0.4) is 0 Å². The zero-order chi connectivity index (χ0) is 24.7. The Labute approximate surface area is 204 Å². The number of nitrogens with one attached hydrogen (secondary N) is 1. The number of aromatic nitrogens is 2. The monoisotopic (exact) mass is 458 g/mol. The van der Waals surface area contributed by atoms with Gasteiger partial charge >= 0.3 is 0 Å². The first-order chi connectivity index (χ1) is 16.3. The minimum Gasteiger partial charge on any atom is -0.308 e. The number of amides is 1. The van der Waals surface area contributed by atoms with Crippen molar-refractivity contribution in [3.05, 3.63) is 88.8 Å². The number of rotatable bonds is 7. The van der Waals surface area contributed by atoms with Gasteiger partial charge in [-0.2, -0.15) is 0 Å². The van der Waals surface area contributed by atoms with Crippen LogP contribution in [-0.2, 0) is 4.79 Å². The summed E-state index contributed by atoms with van der Waals surface area (Å²) in [5.41, 5.74) is 5.29. The van der Waals surface area contributed by atoms with Gasteiger partial charge in [0, 0.05) is 18.0 Å². The molecule has 0 spiro atoms. The second-order valence-corrected chi connectivity index (χ2v) is 9.34. The zero-order valence-electron chi connectivity index (χ0n) is 21.4. The molecule has 1 aliphatic rings. The van der Waals surface area contributed by atoms with E-state index in [2.05, 4.69) is 54.4 Å². The second kappa shape index (κ2) is 11.8. The summed E-state index contributed by atoms with van der Waals surface area (Å²) in [6.45, 7) is 12.3. The third-order valence-electron chi connectivity index (χ3n) is 6.62. The van der Waals surface area contributed by atoms with Gasteiger partial charge in [-0.15, -0.1) is 0 Å². The Bertz CT molecular complexity index is 1110. The fourth-order valence-electron chi connectivity index (χ4n) is 4.13. The summed E-state index contributed by atoms with van der Waals surface area (Å²) in [6.07, 6.45) is 14.1. The summed E-state index contributed by atoms with van der Waals surface area (Å²) >= 11 is 0. The van der Waals surface area contributed by atoms with Crippen molar-refractivity contribution in [2.45, 2.75) is 53.4 Å². The van der Waals surface area contributed by atoms with Gasteiger partial charge in [-0.05, 0) is 109 Å². The van der Waals surface area contributed by atoms with E-state index in [0.29, 0.717) is 11.5 Å². The van der Waals surface area contributed by atoms with Gasteiger partial charge in [0.25, 0.3) is 5.91 Å². The third kappa shape index (κ3) is 6.45. The van der Waals surface area contributed by atoms with E-state index >= 15 is 0 Å². The minimum atomic E-state index is -0.115. The average molecular weight is 459 g/mol. The van der Waals surface area contributed by atoms with Crippen LogP contribution in [0.2, 0.25) is 0 Å². The highest BCUT2D eigenvalue weighted by molar-refractivity contribution is 6.06. The van der Waals surface area contributed by atoms with Gasteiger partial charge in [0.15, 0.2) is 0 Å². The fourth-order valence-corrected chi connectivity index (χ4v) is 4.13. The Morgan fingerprint density at radius 2 is 1.85 bits per heavy atom. The Balaban J connectivity index is 1.89. The number of carbonyl (C=O) groups excluding carboxylic acids is 1. The molecule has 0 unspecified atom stereocenters. The van der Waals surface area contributed by atoms with Crippen LogP contribution >= 0.6 is 0 Å². The predicted octanol–water partition coefficient (Wildman–Crippen LogP) is 6.43. The lowest BCUT2D eigenvalue weighted by Gasteiger charge is -2.28. The molecule has 34 heavy (non-hydrogen) atoms. The first kappa shape index (κ1) is 25.4. The number of anilines is 1. The smallest absolute Gasteiger partial charge is 0.256 e. The van der Waals surface area contributed by atoms with Gasteiger partial charge in [-0.25, -0.2) is 4.98 Å². The molecule has 2 aromatic rings. The molecular weight excluding hydrogens is 420 g/mol. The second-order valence-electron chi connectivity index (χ2n) is 9.34. The molecule has 1 amide bonds. The maximum atomic E-state index is 13.3. The zero-order valence-corrected chi connectivity index (χ0v) is 21.4. The van der Waals surface area contributed by atoms with Crippen LogP contribution in [-0.4, -0.2) is 40.5 Å². The molecule has 5 nitrogen and oxygen atoms in total. The first-order valence-corrected chi connectivity index (χ1v) is 12.1. The molecule has 0 aliphatic carbocycles. The van der Waals surface area contributed by atoms with E-state index in [9.17, 15) is 4.79 Å². The Morgan fingerprint density at radius 3 is 2.47 bits per heavy atom. The molecule has 180 valence electrons. The van der Waals surface area contributed by atoms with E-state index in [0.717, 1.165) is 43.1 Å². The number of carbonyl (C=O) groups is 1. The number of pyridine rings is 1. The highest BCUT2D eigenvalue weighted by atomic mass is 16.1. The topological polar surface area (TPSA) is 50.2 Å². The number of likely N-dealkylation sites (tertiary alicyclic amines) is 1. The molecule has 0 saturated carbocycles. The molecule has 2 aromatic heterocycles. The van der Waals surface area contributed by atoms with E-state index in [1.807, 2.05) is 61.8 Å². The Morgan fingerprint density at radius 1 is 1.12 bits per heavy atom. The summed E-state index contributed by atoms with van der Waals surface area (Å²) in [5.74, 6) is 1.92. The van der Waals surface area contributed by atoms with Gasteiger partial charge < -0.3 is 10.2 Å². The average Bonchev–Trinajstić information content (AvgIpc) is 3.25. The summed E-state index contributed by atoms with van der Waals surface area (Å²) in [7, 11) is 2.17. The van der Waals surface area contributed by atoms with Crippen molar-refractivity contribution in [3.63, 3.8) is 0 Å². The maximum Gasteiger partial charge on any atom is 0.256 e. The van der Waals surface area contributed by atoms with Crippen molar-refractivity contribution in [1.29, 1.82) is 0 Å². The van der Waals surface area contributed by atoms with Gasteiger partial charge in [-0.1, -0.05) is 35.4 Å². The summed E-state index contributed by atoms with van der Waals surface area (Å²) < 4.78 is 2.00. The lowest BCUT2D eigenvalue weighted by atomic mass is 9.91. The van der Waals surface area contributed by atoms with Gasteiger partial charge in [0.1, 0.15) is 11.6 Å². The summed E-state index contributed by atoms with van der Waals surface area (Å²) in [4.78, 5) is 20.2. The lowest BCUT2D eigenvalue weighted by Crippen LogP contribution is -2.29. The fraction of sp³-hybridized carbons (Fsp3) is 0.379. The molecule has 3 rings (SSSR count). The highest BCUT2D eigenvalue weighted by Crippen LogP contribution is 2.32. The number of nitrogens with zero attached hydrogens (tertiary/aromatic N) is 3. The van der Waals surface area contributed by atoms with Crippen molar-refractivity contribution in [1.82, 2.24) is 14.5 Å². The van der Waals surface area contributed by atoms with Crippen molar-refractivity contribution < 1.29 is 4.79 Å². The van der Waals surface area contributed by atoms with Crippen LogP contribution < -0.4 is 5.32 Å². The van der Waals surface area contributed by atoms with Crippen LogP contribution in [0.25, 0.3) is 5.82 Å². The maximum absolute atomic E-state index is 13.3. The van der Waals surface area contributed by atoms with Crippen molar-refractivity contribution in [2.24, 2.45) is 0 Å². The Hall–Kier alpha value is -3.18. The van der Waals surface area contributed by atoms with Crippen molar-refractivity contribution >= 4 is 11.7 Å². The molecular formula is C29H38N4O. The quantitative estimate of drug-likeness (QED) is 0.384. The number of hydrogen-bond donors (Lipinski definition) is 1. The molecule has 3 heterocycles. The van der Waals surface area contributed by atoms with Crippen LogP contribution in [0.5, 0.6) is 0 Å². The van der Waals surface area contributed by atoms with E-state index in [1.165, 1.54) is 16.7 Å². The lowest BCUT2D eigenvalue weighted by molar-refractivity contribution is -0.112. The highest BCUT2D eigenvalue weighted by Gasteiger charge is 2.22. The predicted molar refractivity (Wildman–Crippen MR) is 142 cm³/mol. The van der Waals surface area contributed by atoms with Crippen LogP contribution in [0.4, 0.5) is 5.82 Å². The molecule has 0 radical (unpaired) electrons. The molecule has 1 N–H and O–H groups in total. The molecule has 1 saturated heterocycles. The van der Waals surface area contributed by atoms with Gasteiger partial charge in [-0.3, -0.25) is 9.36 Å². The molecule has 0 aromatic carbocycles. The van der Waals surface area contributed by atoms with E-state index in [1.54, 1.807) is 6.20 Å². The van der Waals surface area contributed by atoms with Gasteiger partial charge in [0.05, 0.1) is 0 Å². The normalized spacial score (nSPS) is 16.2. The Kier molecular flexibility index (Phi) is 8.83. The molecule has 0 bridgehead atoms. The SMILES string of the molecule is C/C=C(C)/C(C)=C/C=C\C(C(=O)Nc1cc(C2CCN(C)CC2)cn1-c1ccccn1)=C(C)C. The summed E-state index contributed by atoms with van der Waals surface area (Å²) in [5, 5.41) is 3.16. The van der Waals surface area contributed by atoms with Crippen molar-refractivity contribution in [2.75, 3.05) is 25.5 Å². The minimum absolute atomic E-state index is 0.115. The number of piperidine rings is 1. The molecule has 1 aliphatic heterocycles. The van der Waals surface area contributed by atoms with E-state index in [-0.39, 0.29) is 5.91 Å². The largest absolute Gasteiger partial charge is 0.308 e. The molecule has 0 atom stereocenters. The molecule has 5 heteroatoms. The molecule has 1 fully saturated rings. The van der Waals surface area contributed by atoms with Crippen LogP contribution in [0, 0.1) is 0 Å². The van der Waals surface area contributed by atoms with Gasteiger partial charge in [0.2, 0.25) is 0 Å². The first-order valence-electron chi connectivity index (χ1n) is 12.1. The number of hydrogen-bond acceptors (Lipinski definition) is 3. The van der Waals surface area contributed by atoms with Crippen LogP contribution in [0.1, 0.15) is 58.9 Å². The van der Waals surface area contributed by atoms with E-state index < -0.39 is 0 Å². The van der Waals surface area contributed by atoms with Crippen molar-refractivity contribution in [3.8, 4) is 5.82 Å². The standard InChI is InChI=1S/C29H38N4O/c1-7-22(4)23(5)11-10-12-26(21(2)3)29(34)31-28-19-25(24-14-17-32(6)18-15-24)20-33(28)27-13-8-9-16-30-27/h7-13,16,19-20,24H,14-15,17-18H2,1-6H3,(H,31,34)/b12-10-,22-7+,23-11+. The van der Waals surface area contributed by atoms with E-state index in [4.69, 9.17) is 0 Å². The van der Waals surface area contributed by atoms with Crippen LogP contribution in [0.15, 0.2) is 83.3 Å². The number of allylic oxidation sites excluding steroid dienone is 6. The summed E-state index contributed by atoms with van der Waals surface area (Å²) in [6, 6.07) is 7.95.